The first kappa shape index (κ1) is 10.7. The third kappa shape index (κ3) is 1.80. The lowest BCUT2D eigenvalue weighted by Gasteiger charge is -2.11. The van der Waals surface area contributed by atoms with Crippen molar-refractivity contribution in [2.24, 2.45) is 0 Å². The predicted molar refractivity (Wildman–Crippen MR) is 53.3 cm³/mol. The number of hydrogen-bond donors (Lipinski definition) is 0. The van der Waals surface area contributed by atoms with Crippen molar-refractivity contribution in [1.82, 2.24) is 4.98 Å². The quantitative estimate of drug-likeness (QED) is 0.745. The average molecular weight is 227 g/mol. The number of aromatic nitrogens is 1. The SMILES string of the molecule is COc1cc(C(F)(F)F)c2ccccc2n1. The zero-order chi connectivity index (χ0) is 11.8. The number of nitrogens with zero attached hydrogens (tertiary/aromatic N) is 1. The number of ether oxygens (including phenoxy) is 1. The molecule has 0 aliphatic rings. The van der Waals surface area contributed by atoms with E-state index in [-0.39, 0.29) is 16.8 Å². The Hall–Kier alpha value is -1.78. The maximum absolute atomic E-state index is 12.8. The van der Waals surface area contributed by atoms with Crippen LogP contribution in [0.2, 0.25) is 0 Å². The van der Waals surface area contributed by atoms with Crippen LogP contribution >= 0.6 is 0 Å². The van der Waals surface area contributed by atoms with Gasteiger partial charge in [-0.2, -0.15) is 13.2 Å². The lowest BCUT2D eigenvalue weighted by Crippen LogP contribution is -2.07. The first-order valence-electron chi connectivity index (χ1n) is 4.53. The highest BCUT2D eigenvalue weighted by molar-refractivity contribution is 5.83. The van der Waals surface area contributed by atoms with E-state index in [0.717, 1.165) is 6.07 Å². The van der Waals surface area contributed by atoms with Crippen molar-refractivity contribution in [3.05, 3.63) is 35.9 Å². The molecule has 5 heteroatoms. The van der Waals surface area contributed by atoms with E-state index in [0.29, 0.717) is 0 Å². The van der Waals surface area contributed by atoms with Gasteiger partial charge in [-0.1, -0.05) is 18.2 Å². The summed E-state index contributed by atoms with van der Waals surface area (Å²) in [5, 5.41) is 0.0794. The van der Waals surface area contributed by atoms with E-state index in [1.54, 1.807) is 12.1 Å². The summed E-state index contributed by atoms with van der Waals surface area (Å²) >= 11 is 0. The first-order valence-corrected chi connectivity index (χ1v) is 4.53. The lowest BCUT2D eigenvalue weighted by atomic mass is 10.1. The zero-order valence-corrected chi connectivity index (χ0v) is 8.38. The highest BCUT2D eigenvalue weighted by Gasteiger charge is 2.33. The van der Waals surface area contributed by atoms with Gasteiger partial charge >= 0.3 is 6.18 Å². The molecule has 2 rings (SSSR count). The van der Waals surface area contributed by atoms with Gasteiger partial charge in [0, 0.05) is 11.5 Å². The number of pyridine rings is 1. The number of hydrogen-bond acceptors (Lipinski definition) is 2. The number of halogens is 3. The third-order valence-electron chi connectivity index (χ3n) is 2.21. The fourth-order valence-corrected chi connectivity index (χ4v) is 1.49. The Balaban J connectivity index is 2.79. The van der Waals surface area contributed by atoms with E-state index < -0.39 is 11.7 Å². The number of rotatable bonds is 1. The van der Waals surface area contributed by atoms with Crippen molar-refractivity contribution in [1.29, 1.82) is 0 Å². The monoisotopic (exact) mass is 227 g/mol. The van der Waals surface area contributed by atoms with Crippen LogP contribution in [-0.2, 0) is 6.18 Å². The maximum atomic E-state index is 12.8. The van der Waals surface area contributed by atoms with Crippen LogP contribution in [0.25, 0.3) is 10.9 Å². The van der Waals surface area contributed by atoms with Crippen LogP contribution in [0.4, 0.5) is 13.2 Å². The predicted octanol–water partition coefficient (Wildman–Crippen LogP) is 3.26. The molecule has 0 aliphatic carbocycles. The van der Waals surface area contributed by atoms with Gasteiger partial charge in [-0.15, -0.1) is 0 Å². The second kappa shape index (κ2) is 3.66. The van der Waals surface area contributed by atoms with E-state index in [1.807, 2.05) is 0 Å². The van der Waals surface area contributed by atoms with Gasteiger partial charge < -0.3 is 4.74 Å². The first-order chi connectivity index (χ1) is 7.52. The molecule has 84 valence electrons. The van der Waals surface area contributed by atoms with Crippen molar-refractivity contribution in [3.8, 4) is 5.88 Å². The minimum absolute atomic E-state index is 0.0361. The molecule has 0 unspecified atom stereocenters. The van der Waals surface area contributed by atoms with Crippen molar-refractivity contribution in [2.45, 2.75) is 6.18 Å². The van der Waals surface area contributed by atoms with Crippen LogP contribution < -0.4 is 4.74 Å². The van der Waals surface area contributed by atoms with E-state index in [2.05, 4.69) is 4.98 Å². The summed E-state index contributed by atoms with van der Waals surface area (Å²) in [6.45, 7) is 0. The molecule has 2 nitrogen and oxygen atoms in total. The largest absolute Gasteiger partial charge is 0.481 e. The van der Waals surface area contributed by atoms with E-state index in [1.165, 1.54) is 19.2 Å². The lowest BCUT2D eigenvalue weighted by molar-refractivity contribution is -0.136. The maximum Gasteiger partial charge on any atom is 0.417 e. The summed E-state index contributed by atoms with van der Waals surface area (Å²) in [7, 11) is 1.29. The molecule has 2 aromatic rings. The van der Waals surface area contributed by atoms with E-state index >= 15 is 0 Å². The molecule has 0 fully saturated rings. The van der Waals surface area contributed by atoms with Crippen molar-refractivity contribution in [3.63, 3.8) is 0 Å². The van der Waals surface area contributed by atoms with E-state index in [9.17, 15) is 13.2 Å². The van der Waals surface area contributed by atoms with Gasteiger partial charge in [-0.25, -0.2) is 4.98 Å². The fraction of sp³-hybridized carbons (Fsp3) is 0.182. The Morgan fingerprint density at radius 3 is 2.50 bits per heavy atom. The summed E-state index contributed by atoms with van der Waals surface area (Å²) in [5.74, 6) is -0.0361. The summed E-state index contributed by atoms with van der Waals surface area (Å²) in [6.07, 6.45) is -4.41. The molecule has 0 amide bonds. The van der Waals surface area contributed by atoms with Gasteiger partial charge in [0.2, 0.25) is 5.88 Å². The molecule has 0 saturated heterocycles. The molecule has 0 spiro atoms. The molecule has 0 saturated carbocycles. The van der Waals surface area contributed by atoms with Gasteiger partial charge in [-0.05, 0) is 6.07 Å². The second-order valence-electron chi connectivity index (χ2n) is 3.23. The van der Waals surface area contributed by atoms with Crippen molar-refractivity contribution < 1.29 is 17.9 Å². The molecule has 16 heavy (non-hydrogen) atoms. The minimum atomic E-state index is -4.41. The van der Waals surface area contributed by atoms with Crippen LogP contribution in [0.1, 0.15) is 5.56 Å². The molecular formula is C11H8F3NO. The number of alkyl halides is 3. The van der Waals surface area contributed by atoms with Gasteiger partial charge in [0.15, 0.2) is 0 Å². The molecule has 1 aromatic heterocycles. The summed E-state index contributed by atoms with van der Waals surface area (Å²) in [4.78, 5) is 3.95. The second-order valence-corrected chi connectivity index (χ2v) is 3.23. The normalized spacial score (nSPS) is 11.8. The molecular weight excluding hydrogens is 219 g/mol. The number of para-hydroxylation sites is 1. The molecule has 0 atom stereocenters. The highest BCUT2D eigenvalue weighted by Crippen LogP contribution is 2.35. The van der Waals surface area contributed by atoms with Crippen molar-refractivity contribution >= 4 is 10.9 Å². The third-order valence-corrected chi connectivity index (χ3v) is 2.21. The Morgan fingerprint density at radius 1 is 1.19 bits per heavy atom. The number of benzene rings is 1. The molecule has 1 heterocycles. The summed E-state index contributed by atoms with van der Waals surface area (Å²) in [6, 6.07) is 7.00. The summed E-state index contributed by atoms with van der Waals surface area (Å²) < 4.78 is 43.0. The molecule has 1 aromatic carbocycles. The van der Waals surface area contributed by atoms with E-state index in [4.69, 9.17) is 4.74 Å². The Morgan fingerprint density at radius 2 is 1.88 bits per heavy atom. The average Bonchev–Trinajstić information content (AvgIpc) is 2.26. The number of methoxy groups -OCH3 is 1. The smallest absolute Gasteiger partial charge is 0.417 e. The minimum Gasteiger partial charge on any atom is -0.481 e. The Bertz CT molecular complexity index is 522. The fourth-order valence-electron chi connectivity index (χ4n) is 1.49. The van der Waals surface area contributed by atoms with Crippen LogP contribution in [0.3, 0.4) is 0 Å². The standard InChI is InChI=1S/C11H8F3NO/c1-16-10-6-8(11(12,13)14)7-4-2-3-5-9(7)15-10/h2-6H,1H3. The van der Waals surface area contributed by atoms with Gasteiger partial charge in [0.25, 0.3) is 0 Å². The van der Waals surface area contributed by atoms with Crippen molar-refractivity contribution in [2.75, 3.05) is 7.11 Å². The topological polar surface area (TPSA) is 22.1 Å². The van der Waals surface area contributed by atoms with Crippen LogP contribution in [0.15, 0.2) is 30.3 Å². The summed E-state index contributed by atoms with van der Waals surface area (Å²) in [5.41, 5.74) is -0.455. The highest BCUT2D eigenvalue weighted by atomic mass is 19.4. The Labute approximate surface area is 89.7 Å². The van der Waals surface area contributed by atoms with Gasteiger partial charge in [0.05, 0.1) is 18.2 Å². The number of fused-ring (bicyclic) bond motifs is 1. The molecule has 0 bridgehead atoms. The van der Waals surface area contributed by atoms with Crippen LogP contribution in [-0.4, -0.2) is 12.1 Å². The van der Waals surface area contributed by atoms with Gasteiger partial charge in [-0.3, -0.25) is 0 Å². The molecule has 0 N–H and O–H groups in total. The molecule has 0 aliphatic heterocycles. The van der Waals surface area contributed by atoms with Crippen LogP contribution in [0, 0.1) is 0 Å². The van der Waals surface area contributed by atoms with Crippen LogP contribution in [0.5, 0.6) is 5.88 Å². The molecule has 0 radical (unpaired) electrons. The Kier molecular flexibility index (Phi) is 2.46. The van der Waals surface area contributed by atoms with Gasteiger partial charge in [0.1, 0.15) is 0 Å². The zero-order valence-electron chi connectivity index (χ0n) is 8.38.